The van der Waals surface area contributed by atoms with Gasteiger partial charge in [-0.25, -0.2) is 0 Å². The fourth-order valence-corrected chi connectivity index (χ4v) is 0.866. The second-order valence-electron chi connectivity index (χ2n) is 2.00. The molecular weight excluding hydrogens is 162 g/mol. The number of benzene rings is 1. The predicted molar refractivity (Wildman–Crippen MR) is 45.4 cm³/mol. The van der Waals surface area contributed by atoms with Crippen molar-refractivity contribution in [3.8, 4) is 0 Å². The Balaban J connectivity index is 0. The first-order chi connectivity index (χ1) is 4.20. The van der Waals surface area contributed by atoms with Crippen molar-refractivity contribution in [2.75, 3.05) is 0 Å². The van der Waals surface area contributed by atoms with E-state index in [0.29, 0.717) is 0 Å². The Morgan fingerprint density at radius 2 is 1.82 bits per heavy atom. The Bertz CT molecular complexity index is 228. The van der Waals surface area contributed by atoms with Crippen molar-refractivity contribution < 1.29 is 11.0 Å². The molecule has 0 unspecified atom stereocenters. The van der Waals surface area contributed by atoms with Crippen LogP contribution in [0.2, 0.25) is 5.02 Å². The summed E-state index contributed by atoms with van der Waals surface area (Å²) in [5, 5.41) is 0.738. The van der Waals surface area contributed by atoms with Gasteiger partial charge < -0.3 is 11.0 Å². The van der Waals surface area contributed by atoms with Crippen molar-refractivity contribution >= 4 is 24.9 Å². The molecule has 1 aromatic carbocycles. The largest absolute Gasteiger partial charge is 0.870 e. The second kappa shape index (κ2) is 5.19. The van der Waals surface area contributed by atoms with Gasteiger partial charge in [0.15, 0.2) is 0 Å². The zero-order valence-electron chi connectivity index (χ0n) is 6.08. The van der Waals surface area contributed by atoms with Crippen LogP contribution in [0.4, 0.5) is 0 Å². The van der Waals surface area contributed by atoms with Gasteiger partial charge in [0.1, 0.15) is 0 Å². The average molecular weight is 170 g/mol. The van der Waals surface area contributed by atoms with E-state index in [-0.39, 0.29) is 11.0 Å². The molecular formula is C7H8BClO2. The van der Waals surface area contributed by atoms with Gasteiger partial charge in [-0.3, -0.25) is 0 Å². The standard InChI is InChI=1S/C7H6BCl.2H2O/c1-5-4-6(9)2-3-7(5)8;;/h2-4H,1H3;2*1H2/q+2;;/p-2. The molecule has 0 saturated heterocycles. The first kappa shape index (κ1) is 13.1. The van der Waals surface area contributed by atoms with Crippen LogP contribution in [0.5, 0.6) is 0 Å². The molecule has 1 rings (SSSR count). The monoisotopic (exact) mass is 170 g/mol. The van der Waals surface area contributed by atoms with E-state index in [9.17, 15) is 0 Å². The summed E-state index contributed by atoms with van der Waals surface area (Å²) in [7, 11) is 5.53. The molecule has 0 radical (unpaired) electrons. The molecule has 0 saturated carbocycles. The minimum atomic E-state index is 0. The smallest absolute Gasteiger partial charge is 0.870 e. The first-order valence-electron chi connectivity index (χ1n) is 2.72. The van der Waals surface area contributed by atoms with Gasteiger partial charge >= 0.3 is 60.6 Å². The molecule has 0 heterocycles. The molecule has 2 nitrogen and oxygen atoms in total. The molecule has 0 aliphatic heterocycles. The molecule has 4 heteroatoms. The third kappa shape index (κ3) is 3.42. The quantitative estimate of drug-likeness (QED) is 0.547. The molecule has 0 fully saturated rings. The van der Waals surface area contributed by atoms with Gasteiger partial charge in [0, 0.05) is 0 Å². The van der Waals surface area contributed by atoms with E-state index in [1.54, 1.807) is 12.1 Å². The maximum absolute atomic E-state index is 5.66. The van der Waals surface area contributed by atoms with Gasteiger partial charge in [-0.05, 0) is 0 Å². The molecule has 58 valence electrons. The Kier molecular flexibility index (Phi) is 6.18. The third-order valence-electron chi connectivity index (χ3n) is 1.23. The van der Waals surface area contributed by atoms with Crippen LogP contribution < -0.4 is 5.46 Å². The van der Waals surface area contributed by atoms with E-state index in [1.165, 1.54) is 0 Å². The van der Waals surface area contributed by atoms with E-state index in [0.717, 1.165) is 16.0 Å². The van der Waals surface area contributed by atoms with Crippen molar-refractivity contribution in [2.45, 2.75) is 6.92 Å². The Labute approximate surface area is 72.2 Å². The summed E-state index contributed by atoms with van der Waals surface area (Å²) in [6.07, 6.45) is 0. The minimum Gasteiger partial charge on any atom is -0.870 e. The molecule has 2 N–H and O–H groups in total. The average Bonchev–Trinajstić information content (AvgIpc) is 1.80. The van der Waals surface area contributed by atoms with Gasteiger partial charge in [-0.2, -0.15) is 0 Å². The van der Waals surface area contributed by atoms with Gasteiger partial charge in [0.2, 0.25) is 0 Å². The van der Waals surface area contributed by atoms with Crippen LogP contribution in [0.3, 0.4) is 0 Å². The van der Waals surface area contributed by atoms with Crippen molar-refractivity contribution in [1.29, 1.82) is 0 Å². The molecule has 0 spiro atoms. The molecule has 0 aromatic heterocycles. The third-order valence-corrected chi connectivity index (χ3v) is 1.47. The van der Waals surface area contributed by atoms with Gasteiger partial charge in [0.25, 0.3) is 0 Å². The van der Waals surface area contributed by atoms with Gasteiger partial charge in [0.05, 0.1) is 0 Å². The fourth-order valence-electron chi connectivity index (χ4n) is 0.639. The molecule has 0 aliphatic carbocycles. The number of halogens is 1. The first-order valence-corrected chi connectivity index (χ1v) is 3.09. The zero-order valence-corrected chi connectivity index (χ0v) is 6.84. The van der Waals surface area contributed by atoms with Crippen LogP contribution in [0.1, 0.15) is 5.56 Å². The van der Waals surface area contributed by atoms with Crippen molar-refractivity contribution in [2.24, 2.45) is 0 Å². The van der Waals surface area contributed by atoms with E-state index < -0.39 is 0 Å². The molecule has 0 aliphatic rings. The summed E-state index contributed by atoms with van der Waals surface area (Å²) in [4.78, 5) is 0. The van der Waals surface area contributed by atoms with Crippen LogP contribution in [-0.4, -0.2) is 18.8 Å². The maximum Gasteiger partial charge on any atom is -0.870 e. The van der Waals surface area contributed by atoms with Crippen LogP contribution >= 0.6 is 11.6 Å². The van der Waals surface area contributed by atoms with Crippen LogP contribution in [0, 0.1) is 6.92 Å². The number of aryl methyl sites for hydroxylation is 1. The van der Waals surface area contributed by atoms with Gasteiger partial charge in [-0.1, -0.05) is 0 Å². The Morgan fingerprint density at radius 3 is 2.18 bits per heavy atom. The molecule has 11 heavy (non-hydrogen) atoms. The minimum absolute atomic E-state index is 0. The topological polar surface area (TPSA) is 60.0 Å². The number of rotatable bonds is 0. The van der Waals surface area contributed by atoms with Crippen molar-refractivity contribution in [1.82, 2.24) is 0 Å². The van der Waals surface area contributed by atoms with E-state index in [2.05, 4.69) is 0 Å². The fraction of sp³-hybridized carbons (Fsp3) is 0.143. The Hall–Kier alpha value is -0.505. The van der Waals surface area contributed by atoms with E-state index in [1.807, 2.05) is 13.0 Å². The van der Waals surface area contributed by atoms with Crippen LogP contribution in [-0.2, 0) is 0 Å². The normalized spacial score (nSPS) is 8.00. The van der Waals surface area contributed by atoms with E-state index >= 15 is 0 Å². The summed E-state index contributed by atoms with van der Waals surface area (Å²) in [6.45, 7) is 1.93. The van der Waals surface area contributed by atoms with Crippen LogP contribution in [0.25, 0.3) is 0 Å². The molecule has 0 amide bonds. The number of hydrogen-bond acceptors (Lipinski definition) is 2. The SMILES string of the molecule is [B+2]c1ccc(Cl)cc1C.[OH-].[OH-]. The van der Waals surface area contributed by atoms with E-state index in [4.69, 9.17) is 19.4 Å². The van der Waals surface area contributed by atoms with Crippen molar-refractivity contribution in [3.05, 3.63) is 28.8 Å². The summed E-state index contributed by atoms with van der Waals surface area (Å²) in [5.41, 5.74) is 1.82. The Morgan fingerprint density at radius 1 is 1.27 bits per heavy atom. The predicted octanol–water partition coefficient (Wildman–Crippen LogP) is 1.09. The summed E-state index contributed by atoms with van der Waals surface area (Å²) >= 11 is 5.66. The summed E-state index contributed by atoms with van der Waals surface area (Å²) in [6, 6.07) is 5.43. The molecule has 0 atom stereocenters. The van der Waals surface area contributed by atoms with Gasteiger partial charge in [-0.15, -0.1) is 0 Å². The zero-order chi connectivity index (χ0) is 6.85. The number of hydrogen-bond donors (Lipinski definition) is 0. The maximum atomic E-state index is 5.66. The second-order valence-corrected chi connectivity index (χ2v) is 2.44. The van der Waals surface area contributed by atoms with Crippen LogP contribution in [0.15, 0.2) is 18.2 Å². The van der Waals surface area contributed by atoms with Crippen molar-refractivity contribution in [3.63, 3.8) is 0 Å². The molecule has 0 bridgehead atoms. The summed E-state index contributed by atoms with van der Waals surface area (Å²) < 4.78 is 0. The summed E-state index contributed by atoms with van der Waals surface area (Å²) in [5.74, 6) is 0. The molecule has 1 aromatic rings.